The van der Waals surface area contributed by atoms with Crippen LogP contribution in [0.25, 0.3) is 0 Å². The molecule has 0 bridgehead atoms. The second kappa shape index (κ2) is 35.4. The van der Waals surface area contributed by atoms with E-state index in [1.807, 2.05) is 55.4 Å². The zero-order chi connectivity index (χ0) is 69.1. The van der Waals surface area contributed by atoms with Crippen molar-refractivity contribution in [2.45, 2.75) is 216 Å². The van der Waals surface area contributed by atoms with Gasteiger partial charge in [0.25, 0.3) is 0 Å². The molecule has 11 amide bonds. The fourth-order valence-corrected chi connectivity index (χ4v) is 10.7. The zero-order valence-corrected chi connectivity index (χ0v) is 56.1. The van der Waals surface area contributed by atoms with Gasteiger partial charge in [-0.05, 0) is 93.8 Å². The number of likely N-dealkylation sites (N-methyl/N-ethyl adjacent to an activating group) is 7. The fraction of sp³-hybridized carbons (Fsp3) is 0.762. The summed E-state index contributed by atoms with van der Waals surface area (Å²) in [6.07, 6.45) is 1.40. The smallest absolute Gasteiger partial charge is 0.246 e. The molecule has 23 heteroatoms. The average molecular weight is 1220 g/mol. The number of nitrogens with zero attached hydrogens (tertiary/aromatic N) is 7. The largest absolute Gasteiger partial charge is 0.390 e. The van der Waals surface area contributed by atoms with E-state index in [0.717, 1.165) is 9.80 Å². The first-order valence-corrected chi connectivity index (χ1v) is 30.5. The summed E-state index contributed by atoms with van der Waals surface area (Å²) in [5.41, 5.74) is 0. The van der Waals surface area contributed by atoms with Gasteiger partial charge in [0.1, 0.15) is 60.4 Å². The Balaban J connectivity index is 4.38. The lowest BCUT2D eigenvalue weighted by molar-refractivity contribution is -0.157. The SMILES string of the molecule is [2H]C([2H])=C([2H])/C=C/C[C@@H](C)[C@@H](O)[C@H]1C(=O)N[C@@H](CC)C(=O)N(C)CC(=O)N(C)[C@@H](CC(C)C)C(=O)N[C@@H](C(C)C)C(=O)N(C)[C@@H](CC(C)C)C(=O)N[C@@H](C)C(=O)N[C@H](C)C(=O)N(C)[C@@H](CC(C)C)C(=O)N(C)[C@@H](CC(C)C)C(=O)N(C)[C@@H](C(C)C)C(=O)N1C. The van der Waals surface area contributed by atoms with Crippen LogP contribution in [-0.2, 0) is 52.7 Å². The van der Waals surface area contributed by atoms with E-state index in [4.69, 9.17) is 4.11 Å². The van der Waals surface area contributed by atoms with Crippen molar-refractivity contribution in [1.29, 1.82) is 0 Å². The van der Waals surface area contributed by atoms with E-state index in [1.54, 1.807) is 41.5 Å². The molecule has 0 radical (unpaired) electrons. The molecule has 1 rings (SSSR count). The predicted molar refractivity (Wildman–Crippen MR) is 333 cm³/mol. The molecule has 23 nitrogen and oxygen atoms in total. The Kier molecular flexibility index (Phi) is 29.7. The molecule has 1 aliphatic heterocycles. The maximum atomic E-state index is 15.2. The third kappa shape index (κ3) is 21.8. The monoisotopic (exact) mass is 1220 g/mol. The first-order chi connectivity index (χ1) is 41.0. The Morgan fingerprint density at radius 1 is 0.512 bits per heavy atom. The lowest BCUT2D eigenvalue weighted by atomic mass is 9.91. The molecule has 0 aliphatic carbocycles. The number of allylic oxidation sites excluding steroid dienone is 3. The van der Waals surface area contributed by atoms with Gasteiger partial charge in [0, 0.05) is 49.3 Å². The van der Waals surface area contributed by atoms with E-state index in [0.29, 0.717) is 0 Å². The van der Waals surface area contributed by atoms with Gasteiger partial charge in [0.05, 0.1) is 16.8 Å². The summed E-state index contributed by atoms with van der Waals surface area (Å²) < 4.78 is 22.9. The topological polar surface area (TPSA) is 279 Å². The van der Waals surface area contributed by atoms with Gasteiger partial charge < -0.3 is 60.7 Å². The van der Waals surface area contributed by atoms with Crippen molar-refractivity contribution in [2.75, 3.05) is 55.9 Å². The molecule has 0 aromatic heterocycles. The number of nitrogens with one attached hydrogen (secondary N) is 4. The highest BCUT2D eigenvalue weighted by Crippen LogP contribution is 2.26. The van der Waals surface area contributed by atoms with E-state index < -0.39 is 168 Å². The van der Waals surface area contributed by atoms with E-state index in [-0.39, 0.29) is 62.2 Å². The van der Waals surface area contributed by atoms with Gasteiger partial charge >= 0.3 is 0 Å². The molecular weight excluding hydrogens is 1100 g/mol. The van der Waals surface area contributed by atoms with Crippen LogP contribution >= 0.6 is 0 Å². The molecule has 1 heterocycles. The molecule has 0 unspecified atom stereocenters. The summed E-state index contributed by atoms with van der Waals surface area (Å²) in [4.78, 5) is 169. The molecule has 0 spiro atoms. The second-order valence-corrected chi connectivity index (χ2v) is 26.1. The molecular formula is C63H111N11O12. The number of amides is 11. The Hall–Kier alpha value is -6.39. The van der Waals surface area contributed by atoms with Crippen LogP contribution in [0.5, 0.6) is 0 Å². The minimum absolute atomic E-state index is 0.00963. The normalized spacial score (nSPS) is 27.1. The summed E-state index contributed by atoms with van der Waals surface area (Å²) in [7, 11) is 9.67. The molecule has 1 saturated heterocycles. The summed E-state index contributed by atoms with van der Waals surface area (Å²) in [6, 6.07) is -13.3. The number of hydrogen-bond acceptors (Lipinski definition) is 12. The van der Waals surface area contributed by atoms with Crippen molar-refractivity contribution in [3.05, 3.63) is 24.7 Å². The lowest BCUT2D eigenvalue weighted by Gasteiger charge is -2.41. The summed E-state index contributed by atoms with van der Waals surface area (Å²) in [5, 5.41) is 23.1. The molecule has 490 valence electrons. The average Bonchev–Trinajstić information content (AvgIpc) is 0.948. The van der Waals surface area contributed by atoms with E-state index in [1.165, 1.54) is 99.8 Å². The molecule has 5 N–H and O–H groups in total. The number of carbonyl (C=O) groups excluding carboxylic acids is 11. The van der Waals surface area contributed by atoms with Crippen molar-refractivity contribution >= 4 is 65.0 Å². The van der Waals surface area contributed by atoms with Crippen molar-refractivity contribution in [3.8, 4) is 0 Å². The molecule has 12 atom stereocenters. The van der Waals surface area contributed by atoms with Gasteiger partial charge in [-0.25, -0.2) is 0 Å². The number of hydrogen-bond donors (Lipinski definition) is 5. The van der Waals surface area contributed by atoms with E-state index in [9.17, 15) is 48.3 Å². The number of aliphatic hydroxyl groups excluding tert-OH is 1. The van der Waals surface area contributed by atoms with E-state index in [2.05, 4.69) is 21.3 Å². The molecule has 0 aromatic carbocycles. The third-order valence-corrected chi connectivity index (χ3v) is 16.0. The standard InChI is InChI=1S/C63H111N11O12/c1-25-27-28-29-41(15)53(76)52-57(80)66-44(26-2)59(82)68(18)34-49(75)69(19)45(30-35(3)4)56(79)67-50(39(11)12)62(85)70(20)46(31-36(5)6)55(78)64-42(16)54(77)65-43(17)58(81)71(21)47(32-37(7)8)60(83)72(22)48(33-38(9)10)61(84)73(23)51(40(13)14)63(86)74(52)24/h25,27-28,35-48,50-53,76H,1,26,29-34H2,2-24H3,(H,64,78)(H,65,77)(H,66,80)(H,67,79)/b28-27+/t41-,42+,43-,44+,45+,46+,47+,48+,50+,51+,52+,53-/m1/s1/i1D2,25D. The number of carbonyl (C=O) groups is 11. The van der Waals surface area contributed by atoms with Crippen LogP contribution in [0.2, 0.25) is 0 Å². The quantitative estimate of drug-likeness (QED) is 0.139. The minimum Gasteiger partial charge on any atom is -0.390 e. The number of rotatable bonds is 16. The van der Waals surface area contributed by atoms with Crippen molar-refractivity contribution < 1.29 is 62.0 Å². The van der Waals surface area contributed by atoms with Gasteiger partial charge in [-0.2, -0.15) is 0 Å². The van der Waals surface area contributed by atoms with Gasteiger partial charge in [0.2, 0.25) is 65.0 Å². The molecule has 86 heavy (non-hydrogen) atoms. The van der Waals surface area contributed by atoms with Gasteiger partial charge in [-0.15, -0.1) is 0 Å². The maximum Gasteiger partial charge on any atom is 0.246 e. The van der Waals surface area contributed by atoms with E-state index >= 15 is 9.59 Å². The summed E-state index contributed by atoms with van der Waals surface area (Å²) >= 11 is 0. The lowest BCUT2D eigenvalue weighted by Crippen LogP contribution is -2.63. The van der Waals surface area contributed by atoms with Crippen LogP contribution in [0.1, 0.15) is 153 Å². The molecule has 1 fully saturated rings. The maximum absolute atomic E-state index is 15.2. The van der Waals surface area contributed by atoms with Crippen LogP contribution in [0.15, 0.2) is 24.7 Å². The highest BCUT2D eigenvalue weighted by molar-refractivity contribution is 5.99. The van der Waals surface area contributed by atoms with Crippen LogP contribution in [0.4, 0.5) is 0 Å². The van der Waals surface area contributed by atoms with Crippen LogP contribution in [0, 0.1) is 41.4 Å². The first kappa shape index (κ1) is 72.1. The fourth-order valence-electron chi connectivity index (χ4n) is 10.7. The Morgan fingerprint density at radius 2 is 0.942 bits per heavy atom. The van der Waals surface area contributed by atoms with Gasteiger partial charge in [-0.3, -0.25) is 52.7 Å². The van der Waals surface area contributed by atoms with Crippen molar-refractivity contribution in [1.82, 2.24) is 55.6 Å². The summed E-state index contributed by atoms with van der Waals surface area (Å²) in [5.74, 6) is -10.6. The molecule has 0 aromatic rings. The predicted octanol–water partition coefficient (Wildman–Crippen LogP) is 3.44. The molecule has 1 aliphatic rings. The van der Waals surface area contributed by atoms with Crippen molar-refractivity contribution in [3.63, 3.8) is 0 Å². The minimum atomic E-state index is -1.76. The Labute approximate surface area is 518 Å². The first-order valence-electron chi connectivity index (χ1n) is 32.0. The van der Waals surface area contributed by atoms with Crippen LogP contribution < -0.4 is 21.3 Å². The molecule has 0 saturated carbocycles. The highest BCUT2D eigenvalue weighted by Gasteiger charge is 2.45. The Morgan fingerprint density at radius 3 is 1.41 bits per heavy atom. The highest BCUT2D eigenvalue weighted by atomic mass is 16.3. The van der Waals surface area contributed by atoms with Crippen LogP contribution in [-0.4, -0.2) is 227 Å². The van der Waals surface area contributed by atoms with Crippen molar-refractivity contribution in [2.24, 2.45) is 41.4 Å². The van der Waals surface area contributed by atoms with Gasteiger partial charge in [0.15, 0.2) is 0 Å². The second-order valence-electron chi connectivity index (χ2n) is 26.1. The third-order valence-electron chi connectivity index (χ3n) is 16.0. The zero-order valence-electron chi connectivity index (χ0n) is 59.1. The Bertz CT molecular complexity index is 2530. The summed E-state index contributed by atoms with van der Waals surface area (Å²) in [6.45, 7) is 26.2. The number of aliphatic hydroxyl groups is 1. The van der Waals surface area contributed by atoms with Crippen LogP contribution in [0.3, 0.4) is 0 Å². The van der Waals surface area contributed by atoms with Gasteiger partial charge in [-0.1, -0.05) is 122 Å².